The Hall–Kier alpha value is -3.90. The van der Waals surface area contributed by atoms with Crippen LogP contribution >= 0.6 is 11.6 Å². The standard InChI is InChI=1S/C25H19ClN2O4/c1-2-32-22-14-13-18(26)15-17(22)16-21-23(29)27(19-9-5-3-6-10-19)25(31)28(24(21)30)20-11-7-4-8-12-20/h3-16H,2H2,1H3. The molecule has 4 amide bonds. The lowest BCUT2D eigenvalue weighted by atomic mass is 10.0. The van der Waals surface area contributed by atoms with Gasteiger partial charge in [0.25, 0.3) is 11.8 Å². The average molecular weight is 447 g/mol. The van der Waals surface area contributed by atoms with Gasteiger partial charge in [0.15, 0.2) is 0 Å². The summed E-state index contributed by atoms with van der Waals surface area (Å²) in [7, 11) is 0. The summed E-state index contributed by atoms with van der Waals surface area (Å²) in [6.45, 7) is 2.22. The summed E-state index contributed by atoms with van der Waals surface area (Å²) >= 11 is 6.15. The number of para-hydroxylation sites is 2. The third-order valence-electron chi connectivity index (χ3n) is 4.85. The number of imide groups is 2. The third-order valence-corrected chi connectivity index (χ3v) is 5.08. The second-order valence-electron chi connectivity index (χ2n) is 6.91. The Bertz CT molecular complexity index is 1150. The van der Waals surface area contributed by atoms with Crippen molar-refractivity contribution in [2.75, 3.05) is 16.4 Å². The Morgan fingerprint density at radius 2 is 1.34 bits per heavy atom. The van der Waals surface area contributed by atoms with Crippen LogP contribution in [0.5, 0.6) is 5.75 Å². The van der Waals surface area contributed by atoms with E-state index in [9.17, 15) is 14.4 Å². The summed E-state index contributed by atoms with van der Waals surface area (Å²) in [4.78, 5) is 42.1. The minimum atomic E-state index is -0.745. The van der Waals surface area contributed by atoms with Gasteiger partial charge in [-0.15, -0.1) is 0 Å². The molecule has 6 nitrogen and oxygen atoms in total. The number of hydrogen-bond acceptors (Lipinski definition) is 4. The second kappa shape index (κ2) is 9.08. The number of amides is 4. The molecular weight excluding hydrogens is 428 g/mol. The van der Waals surface area contributed by atoms with Gasteiger partial charge in [0.2, 0.25) is 0 Å². The fraction of sp³-hybridized carbons (Fsp3) is 0.0800. The highest BCUT2D eigenvalue weighted by molar-refractivity contribution is 6.46. The number of benzene rings is 3. The van der Waals surface area contributed by atoms with Gasteiger partial charge in [0.05, 0.1) is 18.0 Å². The van der Waals surface area contributed by atoms with Crippen LogP contribution in [-0.2, 0) is 9.59 Å². The van der Waals surface area contributed by atoms with Gasteiger partial charge in [-0.05, 0) is 55.5 Å². The van der Waals surface area contributed by atoms with Crippen LogP contribution in [0.4, 0.5) is 16.2 Å². The molecule has 0 unspecified atom stereocenters. The highest BCUT2D eigenvalue weighted by Gasteiger charge is 2.43. The Balaban J connectivity index is 1.89. The van der Waals surface area contributed by atoms with E-state index in [2.05, 4.69) is 0 Å². The molecule has 1 aliphatic heterocycles. The number of carbonyl (C=O) groups is 3. The fourth-order valence-corrected chi connectivity index (χ4v) is 3.59. The number of urea groups is 1. The fourth-order valence-electron chi connectivity index (χ4n) is 3.41. The lowest BCUT2D eigenvalue weighted by molar-refractivity contribution is -0.121. The highest BCUT2D eigenvalue weighted by Crippen LogP contribution is 2.32. The first-order valence-corrected chi connectivity index (χ1v) is 10.4. The van der Waals surface area contributed by atoms with Crippen molar-refractivity contribution in [3.05, 3.63) is 95.0 Å². The summed E-state index contributed by atoms with van der Waals surface area (Å²) in [5, 5.41) is 0.423. The van der Waals surface area contributed by atoms with Crippen molar-refractivity contribution in [2.24, 2.45) is 0 Å². The molecular formula is C25H19ClN2O4. The summed E-state index contributed by atoms with van der Waals surface area (Å²) < 4.78 is 5.63. The molecule has 0 atom stereocenters. The molecule has 0 saturated carbocycles. The van der Waals surface area contributed by atoms with E-state index in [0.717, 1.165) is 9.80 Å². The van der Waals surface area contributed by atoms with E-state index in [4.69, 9.17) is 16.3 Å². The minimum absolute atomic E-state index is 0.180. The molecule has 4 rings (SSSR count). The molecule has 0 bridgehead atoms. The summed E-state index contributed by atoms with van der Waals surface area (Å²) in [6.07, 6.45) is 1.42. The van der Waals surface area contributed by atoms with Crippen LogP contribution in [0, 0.1) is 0 Å². The minimum Gasteiger partial charge on any atom is -0.493 e. The van der Waals surface area contributed by atoms with Crippen molar-refractivity contribution < 1.29 is 19.1 Å². The van der Waals surface area contributed by atoms with Crippen LogP contribution in [0.15, 0.2) is 84.4 Å². The molecule has 1 saturated heterocycles. The van der Waals surface area contributed by atoms with Crippen LogP contribution in [-0.4, -0.2) is 24.5 Å². The zero-order valence-corrected chi connectivity index (χ0v) is 18.0. The van der Waals surface area contributed by atoms with E-state index in [-0.39, 0.29) is 5.57 Å². The Kier molecular flexibility index (Phi) is 6.05. The lowest BCUT2D eigenvalue weighted by Gasteiger charge is -2.34. The van der Waals surface area contributed by atoms with Gasteiger partial charge >= 0.3 is 6.03 Å². The summed E-state index contributed by atoms with van der Waals surface area (Å²) in [5.74, 6) is -0.971. The molecule has 1 heterocycles. The topological polar surface area (TPSA) is 66.9 Å². The lowest BCUT2D eigenvalue weighted by Crippen LogP contribution is -2.57. The first-order valence-electron chi connectivity index (χ1n) is 9.98. The zero-order valence-electron chi connectivity index (χ0n) is 17.2. The molecule has 32 heavy (non-hydrogen) atoms. The van der Waals surface area contributed by atoms with E-state index < -0.39 is 17.8 Å². The molecule has 0 N–H and O–H groups in total. The molecule has 160 valence electrons. The Morgan fingerprint density at radius 3 is 1.84 bits per heavy atom. The van der Waals surface area contributed by atoms with Crippen LogP contribution < -0.4 is 14.5 Å². The van der Waals surface area contributed by atoms with Gasteiger partial charge in [-0.2, -0.15) is 0 Å². The molecule has 3 aromatic rings. The van der Waals surface area contributed by atoms with E-state index >= 15 is 0 Å². The predicted octanol–water partition coefficient (Wildman–Crippen LogP) is 5.32. The van der Waals surface area contributed by atoms with Crippen LogP contribution in [0.25, 0.3) is 6.08 Å². The maximum Gasteiger partial charge on any atom is 0.343 e. The molecule has 1 fully saturated rings. The maximum atomic E-state index is 13.4. The molecule has 0 aromatic heterocycles. The first-order chi connectivity index (χ1) is 15.5. The average Bonchev–Trinajstić information content (AvgIpc) is 2.80. The summed E-state index contributed by atoms with van der Waals surface area (Å²) in [6, 6.07) is 21.2. The number of barbiturate groups is 1. The first kappa shape index (κ1) is 21.3. The number of anilines is 2. The molecule has 3 aromatic carbocycles. The SMILES string of the molecule is CCOc1ccc(Cl)cc1C=C1C(=O)N(c2ccccc2)C(=O)N(c2ccccc2)C1=O. The number of halogens is 1. The van der Waals surface area contributed by atoms with Gasteiger partial charge < -0.3 is 4.74 Å². The van der Waals surface area contributed by atoms with Gasteiger partial charge in [-0.1, -0.05) is 48.0 Å². The van der Waals surface area contributed by atoms with Crippen molar-refractivity contribution in [3.63, 3.8) is 0 Å². The molecule has 1 aliphatic rings. The van der Waals surface area contributed by atoms with Crippen molar-refractivity contribution in [2.45, 2.75) is 6.92 Å². The number of ether oxygens (including phenoxy) is 1. The number of hydrogen-bond donors (Lipinski definition) is 0. The largest absolute Gasteiger partial charge is 0.493 e. The van der Waals surface area contributed by atoms with Gasteiger partial charge in [-0.3, -0.25) is 9.59 Å². The number of nitrogens with zero attached hydrogens (tertiary/aromatic N) is 2. The van der Waals surface area contributed by atoms with Crippen molar-refractivity contribution in [1.29, 1.82) is 0 Å². The van der Waals surface area contributed by atoms with Crippen LogP contribution in [0.3, 0.4) is 0 Å². The number of carbonyl (C=O) groups excluding carboxylic acids is 3. The van der Waals surface area contributed by atoms with E-state index in [1.807, 2.05) is 6.92 Å². The second-order valence-corrected chi connectivity index (χ2v) is 7.34. The van der Waals surface area contributed by atoms with Crippen molar-refractivity contribution in [3.8, 4) is 5.75 Å². The van der Waals surface area contributed by atoms with Crippen molar-refractivity contribution in [1.82, 2.24) is 0 Å². The Morgan fingerprint density at radius 1 is 0.812 bits per heavy atom. The molecule has 0 radical (unpaired) electrons. The highest BCUT2D eigenvalue weighted by atomic mass is 35.5. The van der Waals surface area contributed by atoms with Gasteiger partial charge in [0.1, 0.15) is 11.3 Å². The smallest absolute Gasteiger partial charge is 0.343 e. The summed E-state index contributed by atoms with van der Waals surface area (Å²) in [5.41, 5.74) is 1.00. The monoisotopic (exact) mass is 446 g/mol. The van der Waals surface area contributed by atoms with Crippen LogP contribution in [0.2, 0.25) is 5.02 Å². The zero-order chi connectivity index (χ0) is 22.7. The predicted molar refractivity (Wildman–Crippen MR) is 124 cm³/mol. The quantitative estimate of drug-likeness (QED) is 0.393. The van der Waals surface area contributed by atoms with Crippen LogP contribution in [0.1, 0.15) is 12.5 Å². The Labute approximate surface area is 190 Å². The van der Waals surface area contributed by atoms with Gasteiger partial charge in [0, 0.05) is 10.6 Å². The van der Waals surface area contributed by atoms with Gasteiger partial charge in [-0.25, -0.2) is 14.6 Å². The van der Waals surface area contributed by atoms with E-state index in [0.29, 0.717) is 34.3 Å². The molecule has 0 aliphatic carbocycles. The van der Waals surface area contributed by atoms with E-state index in [1.165, 1.54) is 6.08 Å². The van der Waals surface area contributed by atoms with Crippen molar-refractivity contribution >= 4 is 46.9 Å². The maximum absolute atomic E-state index is 13.4. The van der Waals surface area contributed by atoms with E-state index in [1.54, 1.807) is 78.9 Å². The normalized spacial score (nSPS) is 14.1. The third kappa shape index (κ3) is 4.00. The molecule has 7 heteroatoms. The number of rotatable bonds is 5. The molecule has 0 spiro atoms.